The highest BCUT2D eigenvalue weighted by atomic mass is 16.5. The normalized spacial score (nSPS) is 23.8. The topological polar surface area (TPSA) is 44.8 Å². The molecule has 0 bridgehead atoms. The molecule has 1 atom stereocenters. The summed E-state index contributed by atoms with van der Waals surface area (Å²) in [5, 5.41) is 3.28. The lowest BCUT2D eigenvalue weighted by Gasteiger charge is -2.36. The minimum Gasteiger partial charge on any atom is -0.468 e. The van der Waals surface area contributed by atoms with Gasteiger partial charge in [-0.05, 0) is 38.6 Å². The number of likely N-dealkylation sites (N-methyl/N-ethyl adjacent to an activating group) is 1. The number of carbonyl (C=O) groups excluding carboxylic acids is 1. The molecule has 1 aliphatic heterocycles. The summed E-state index contributed by atoms with van der Waals surface area (Å²) in [6, 6.07) is 0. The Labute approximate surface area is 129 Å². The third-order valence-corrected chi connectivity index (χ3v) is 4.81. The standard InChI is InChI=1S/C16H31N3O2/c1-4-17-16(2,15(20)21-3)7-8-18-9-11-19(12-10-18)13-14-5-6-14/h14,17H,4-13H2,1-3H3. The zero-order valence-electron chi connectivity index (χ0n) is 13.9. The highest BCUT2D eigenvalue weighted by molar-refractivity contribution is 5.80. The lowest BCUT2D eigenvalue weighted by atomic mass is 9.97. The van der Waals surface area contributed by atoms with Crippen molar-refractivity contribution in [1.29, 1.82) is 0 Å². The van der Waals surface area contributed by atoms with Crippen molar-refractivity contribution in [1.82, 2.24) is 15.1 Å². The van der Waals surface area contributed by atoms with Crippen LogP contribution in [0.3, 0.4) is 0 Å². The molecule has 1 N–H and O–H groups in total. The van der Waals surface area contributed by atoms with Crippen LogP contribution in [-0.4, -0.2) is 74.2 Å². The molecule has 2 rings (SSSR count). The van der Waals surface area contributed by atoms with Crippen molar-refractivity contribution in [2.24, 2.45) is 5.92 Å². The fraction of sp³-hybridized carbons (Fsp3) is 0.938. The lowest BCUT2D eigenvalue weighted by molar-refractivity contribution is -0.148. The molecule has 1 saturated carbocycles. The molecule has 5 nitrogen and oxygen atoms in total. The van der Waals surface area contributed by atoms with E-state index >= 15 is 0 Å². The zero-order valence-corrected chi connectivity index (χ0v) is 13.9. The zero-order chi connectivity index (χ0) is 15.3. The smallest absolute Gasteiger partial charge is 0.325 e. The molecule has 0 aromatic carbocycles. The first-order valence-electron chi connectivity index (χ1n) is 8.35. The number of rotatable bonds is 8. The number of hydrogen-bond donors (Lipinski definition) is 1. The number of piperazine rings is 1. The molecule has 2 fully saturated rings. The van der Waals surface area contributed by atoms with Gasteiger partial charge in [0.05, 0.1) is 7.11 Å². The number of hydrogen-bond acceptors (Lipinski definition) is 5. The molecular weight excluding hydrogens is 266 g/mol. The average Bonchev–Trinajstić information content (AvgIpc) is 3.30. The molecule has 0 aromatic rings. The van der Waals surface area contributed by atoms with Gasteiger partial charge in [-0.15, -0.1) is 0 Å². The van der Waals surface area contributed by atoms with Gasteiger partial charge in [0, 0.05) is 39.3 Å². The predicted octanol–water partition coefficient (Wildman–Crippen LogP) is 0.945. The van der Waals surface area contributed by atoms with Gasteiger partial charge < -0.3 is 19.9 Å². The molecule has 5 heteroatoms. The summed E-state index contributed by atoms with van der Waals surface area (Å²) in [6.07, 6.45) is 3.66. The molecule has 1 unspecified atom stereocenters. The maximum atomic E-state index is 12.0. The Balaban J connectivity index is 1.72. The Hall–Kier alpha value is -0.650. The first-order chi connectivity index (χ1) is 10.1. The van der Waals surface area contributed by atoms with E-state index in [1.807, 2.05) is 13.8 Å². The van der Waals surface area contributed by atoms with Crippen LogP contribution in [0.2, 0.25) is 0 Å². The molecule has 21 heavy (non-hydrogen) atoms. The highest BCUT2D eigenvalue weighted by Crippen LogP contribution is 2.29. The fourth-order valence-corrected chi connectivity index (χ4v) is 3.12. The summed E-state index contributed by atoms with van der Waals surface area (Å²) in [7, 11) is 1.47. The van der Waals surface area contributed by atoms with Gasteiger partial charge in [0.15, 0.2) is 0 Å². The summed E-state index contributed by atoms with van der Waals surface area (Å²) < 4.78 is 4.95. The third-order valence-electron chi connectivity index (χ3n) is 4.81. The Morgan fingerprint density at radius 2 is 1.86 bits per heavy atom. The Bertz CT molecular complexity index is 338. The summed E-state index contributed by atoms with van der Waals surface area (Å²) in [4.78, 5) is 17.0. The van der Waals surface area contributed by atoms with E-state index in [2.05, 4.69) is 15.1 Å². The van der Waals surface area contributed by atoms with Gasteiger partial charge in [0.1, 0.15) is 5.54 Å². The quantitative estimate of drug-likeness (QED) is 0.676. The summed E-state index contributed by atoms with van der Waals surface area (Å²) >= 11 is 0. The first-order valence-corrected chi connectivity index (χ1v) is 8.35. The van der Waals surface area contributed by atoms with Crippen molar-refractivity contribution in [3.8, 4) is 0 Å². The average molecular weight is 297 g/mol. The molecule has 1 aliphatic carbocycles. The molecule has 1 heterocycles. The van der Waals surface area contributed by atoms with E-state index in [1.165, 1.54) is 39.6 Å². The second kappa shape index (κ2) is 7.56. The second-order valence-corrected chi connectivity index (χ2v) is 6.69. The van der Waals surface area contributed by atoms with Gasteiger partial charge in [-0.25, -0.2) is 0 Å². The third kappa shape index (κ3) is 4.94. The first kappa shape index (κ1) is 16.7. The maximum Gasteiger partial charge on any atom is 0.325 e. The van der Waals surface area contributed by atoms with Crippen LogP contribution in [0, 0.1) is 5.92 Å². The van der Waals surface area contributed by atoms with E-state index < -0.39 is 5.54 Å². The van der Waals surface area contributed by atoms with E-state index in [1.54, 1.807) is 0 Å². The van der Waals surface area contributed by atoms with Crippen LogP contribution < -0.4 is 5.32 Å². The predicted molar refractivity (Wildman–Crippen MR) is 84.3 cm³/mol. The van der Waals surface area contributed by atoms with Crippen LogP contribution in [0.5, 0.6) is 0 Å². The number of ether oxygens (including phenoxy) is 1. The van der Waals surface area contributed by atoms with Crippen LogP contribution in [0.15, 0.2) is 0 Å². The number of nitrogens with zero attached hydrogens (tertiary/aromatic N) is 2. The monoisotopic (exact) mass is 297 g/mol. The van der Waals surface area contributed by atoms with Gasteiger partial charge in [-0.3, -0.25) is 4.79 Å². The van der Waals surface area contributed by atoms with Crippen molar-refractivity contribution < 1.29 is 9.53 Å². The van der Waals surface area contributed by atoms with Gasteiger partial charge in [-0.1, -0.05) is 6.92 Å². The van der Waals surface area contributed by atoms with Crippen LogP contribution in [0.4, 0.5) is 0 Å². The number of nitrogens with one attached hydrogen (secondary N) is 1. The van der Waals surface area contributed by atoms with Crippen LogP contribution in [0.25, 0.3) is 0 Å². The summed E-state index contributed by atoms with van der Waals surface area (Å²) in [6.45, 7) is 11.6. The Morgan fingerprint density at radius 1 is 1.24 bits per heavy atom. The van der Waals surface area contributed by atoms with Crippen molar-refractivity contribution in [3.05, 3.63) is 0 Å². The van der Waals surface area contributed by atoms with Gasteiger partial charge in [-0.2, -0.15) is 0 Å². The minimum absolute atomic E-state index is 0.156. The molecule has 0 spiro atoms. The van der Waals surface area contributed by atoms with Crippen molar-refractivity contribution in [2.75, 3.05) is 52.9 Å². The highest BCUT2D eigenvalue weighted by Gasteiger charge is 2.34. The van der Waals surface area contributed by atoms with Gasteiger partial charge in [0.2, 0.25) is 0 Å². The molecule has 0 radical (unpaired) electrons. The van der Waals surface area contributed by atoms with E-state index in [9.17, 15) is 4.79 Å². The second-order valence-electron chi connectivity index (χ2n) is 6.69. The SMILES string of the molecule is CCNC(C)(CCN1CCN(CC2CC2)CC1)C(=O)OC. The van der Waals surface area contributed by atoms with Crippen LogP contribution in [-0.2, 0) is 9.53 Å². The summed E-state index contributed by atoms with van der Waals surface area (Å²) in [5.74, 6) is 0.824. The van der Waals surface area contributed by atoms with E-state index in [0.717, 1.165) is 38.5 Å². The van der Waals surface area contributed by atoms with Crippen molar-refractivity contribution >= 4 is 5.97 Å². The van der Waals surface area contributed by atoms with Gasteiger partial charge >= 0.3 is 5.97 Å². The largest absolute Gasteiger partial charge is 0.468 e. The lowest BCUT2D eigenvalue weighted by Crippen LogP contribution is -2.53. The molecular formula is C16H31N3O2. The van der Waals surface area contributed by atoms with Crippen LogP contribution in [0.1, 0.15) is 33.1 Å². The van der Waals surface area contributed by atoms with E-state index in [4.69, 9.17) is 4.74 Å². The fourth-order valence-electron chi connectivity index (χ4n) is 3.12. The van der Waals surface area contributed by atoms with Crippen molar-refractivity contribution in [2.45, 2.75) is 38.6 Å². The molecule has 122 valence electrons. The van der Waals surface area contributed by atoms with Crippen LogP contribution >= 0.6 is 0 Å². The molecule has 0 amide bonds. The molecule has 1 saturated heterocycles. The molecule has 0 aromatic heterocycles. The van der Waals surface area contributed by atoms with E-state index in [0.29, 0.717) is 0 Å². The van der Waals surface area contributed by atoms with Gasteiger partial charge in [0.25, 0.3) is 0 Å². The number of methoxy groups -OCH3 is 1. The Kier molecular flexibility index (Phi) is 6.02. The molecule has 2 aliphatic rings. The van der Waals surface area contributed by atoms with E-state index in [-0.39, 0.29) is 5.97 Å². The van der Waals surface area contributed by atoms with Crippen molar-refractivity contribution in [3.63, 3.8) is 0 Å². The Morgan fingerprint density at radius 3 is 2.38 bits per heavy atom. The summed E-state index contributed by atoms with van der Waals surface area (Å²) in [5.41, 5.74) is -0.561. The maximum absolute atomic E-state index is 12.0. The number of esters is 1. The minimum atomic E-state index is -0.561. The number of carbonyl (C=O) groups is 1.